The van der Waals surface area contributed by atoms with Gasteiger partial charge in [0.05, 0.1) is 0 Å². The van der Waals surface area contributed by atoms with E-state index in [0.29, 0.717) is 5.25 Å². The molecule has 0 spiro atoms. The lowest BCUT2D eigenvalue weighted by Crippen LogP contribution is -1.95. The summed E-state index contributed by atoms with van der Waals surface area (Å²) in [5, 5.41) is 0.494. The normalized spacial score (nSPS) is 14.5. The van der Waals surface area contributed by atoms with Crippen LogP contribution in [0.3, 0.4) is 0 Å². The Kier molecular flexibility index (Phi) is 4.33. The van der Waals surface area contributed by atoms with Crippen LogP contribution in [0.25, 0.3) is 0 Å². The first-order valence-electron chi connectivity index (χ1n) is 2.10. The largest absolute Gasteiger partial charge is 0.178 e. The molecule has 0 nitrogen and oxygen atoms in total. The summed E-state index contributed by atoms with van der Waals surface area (Å²) in [6.07, 6.45) is 1.12. The van der Waals surface area contributed by atoms with Crippen LogP contribution in [0, 0.1) is 0 Å². The van der Waals surface area contributed by atoms with Crippen LogP contribution in [-0.2, 0) is 0 Å². The minimum absolute atomic E-state index is 0.494. The molecule has 0 rings (SSSR count). The first-order valence-corrected chi connectivity index (χ1v) is 3.25. The quantitative estimate of drug-likeness (QED) is 0.511. The smallest absolute Gasteiger partial charge is 0.0102 e. The SMILES string of the molecule is CCC(S)CS. The molecule has 0 heterocycles. The van der Waals surface area contributed by atoms with Crippen molar-refractivity contribution in [2.75, 3.05) is 5.75 Å². The van der Waals surface area contributed by atoms with Gasteiger partial charge in [0, 0.05) is 11.0 Å². The highest BCUT2D eigenvalue weighted by Gasteiger charge is 1.90. The Bertz CT molecular complexity index is 24.7. The molecular formula is C4H10S2. The molecule has 6 heavy (non-hydrogen) atoms. The average Bonchev–Trinajstić information content (AvgIpc) is 1.65. The van der Waals surface area contributed by atoms with E-state index in [1.165, 1.54) is 0 Å². The molecule has 38 valence electrons. The second kappa shape index (κ2) is 3.88. The fourth-order valence-electron chi connectivity index (χ4n) is 0.129. The monoisotopic (exact) mass is 122 g/mol. The summed E-state index contributed by atoms with van der Waals surface area (Å²) < 4.78 is 0. The lowest BCUT2D eigenvalue weighted by atomic mass is 10.4. The van der Waals surface area contributed by atoms with Crippen molar-refractivity contribution in [1.82, 2.24) is 0 Å². The minimum atomic E-state index is 0.494. The second-order valence-electron chi connectivity index (χ2n) is 1.24. The predicted octanol–water partition coefficient (Wildman–Crippen LogP) is 1.62. The van der Waals surface area contributed by atoms with Gasteiger partial charge in [0.1, 0.15) is 0 Å². The van der Waals surface area contributed by atoms with Gasteiger partial charge in [-0.05, 0) is 6.42 Å². The van der Waals surface area contributed by atoms with Gasteiger partial charge >= 0.3 is 0 Å². The first kappa shape index (κ1) is 6.70. The van der Waals surface area contributed by atoms with Gasteiger partial charge < -0.3 is 0 Å². The molecule has 0 saturated heterocycles. The number of hydrogen-bond donors (Lipinski definition) is 2. The van der Waals surface area contributed by atoms with Crippen molar-refractivity contribution in [3.05, 3.63) is 0 Å². The van der Waals surface area contributed by atoms with Gasteiger partial charge in [0.15, 0.2) is 0 Å². The van der Waals surface area contributed by atoms with Crippen LogP contribution in [0.2, 0.25) is 0 Å². The summed E-state index contributed by atoms with van der Waals surface area (Å²) in [6.45, 7) is 2.11. The van der Waals surface area contributed by atoms with E-state index in [1.54, 1.807) is 0 Å². The maximum atomic E-state index is 4.15. The molecule has 0 aromatic heterocycles. The number of rotatable bonds is 2. The van der Waals surface area contributed by atoms with Crippen molar-refractivity contribution < 1.29 is 0 Å². The Balaban J connectivity index is 2.75. The van der Waals surface area contributed by atoms with Crippen molar-refractivity contribution in [1.29, 1.82) is 0 Å². The fourth-order valence-corrected chi connectivity index (χ4v) is 0.387. The fraction of sp³-hybridized carbons (Fsp3) is 1.00. The average molecular weight is 122 g/mol. The molecule has 2 heteroatoms. The summed E-state index contributed by atoms with van der Waals surface area (Å²) in [6, 6.07) is 0. The Morgan fingerprint density at radius 1 is 1.67 bits per heavy atom. The van der Waals surface area contributed by atoms with E-state index < -0.39 is 0 Å². The highest BCUT2D eigenvalue weighted by atomic mass is 32.1. The zero-order valence-electron chi connectivity index (χ0n) is 3.89. The molecule has 0 aromatic carbocycles. The molecule has 0 saturated carbocycles. The summed E-state index contributed by atoms with van der Waals surface area (Å²) in [5.41, 5.74) is 0. The summed E-state index contributed by atoms with van der Waals surface area (Å²) in [7, 11) is 0. The van der Waals surface area contributed by atoms with Crippen LogP contribution < -0.4 is 0 Å². The van der Waals surface area contributed by atoms with Crippen molar-refractivity contribution in [3.8, 4) is 0 Å². The van der Waals surface area contributed by atoms with Crippen LogP contribution in [0.1, 0.15) is 13.3 Å². The van der Waals surface area contributed by atoms with Crippen molar-refractivity contribution in [2.45, 2.75) is 18.6 Å². The van der Waals surface area contributed by atoms with Crippen LogP contribution in [0.15, 0.2) is 0 Å². The van der Waals surface area contributed by atoms with E-state index >= 15 is 0 Å². The molecule has 0 fully saturated rings. The highest BCUT2D eigenvalue weighted by molar-refractivity contribution is 7.84. The molecule has 0 aliphatic rings. The Morgan fingerprint density at radius 2 is 2.17 bits per heavy atom. The summed E-state index contributed by atoms with van der Waals surface area (Å²) >= 11 is 8.17. The maximum absolute atomic E-state index is 4.15. The summed E-state index contributed by atoms with van der Waals surface area (Å²) in [4.78, 5) is 0. The topological polar surface area (TPSA) is 0 Å². The van der Waals surface area contributed by atoms with Crippen LogP contribution >= 0.6 is 25.3 Å². The van der Waals surface area contributed by atoms with Gasteiger partial charge in [0.2, 0.25) is 0 Å². The Morgan fingerprint density at radius 3 is 2.17 bits per heavy atom. The van der Waals surface area contributed by atoms with E-state index in [1.807, 2.05) is 0 Å². The molecule has 0 aromatic rings. The Labute approximate surface area is 50.1 Å². The van der Waals surface area contributed by atoms with E-state index in [-0.39, 0.29) is 0 Å². The van der Waals surface area contributed by atoms with Crippen molar-refractivity contribution in [3.63, 3.8) is 0 Å². The van der Waals surface area contributed by atoms with Crippen LogP contribution in [0.5, 0.6) is 0 Å². The third-order valence-corrected chi connectivity index (χ3v) is 1.96. The maximum Gasteiger partial charge on any atom is 0.0102 e. The zero-order chi connectivity index (χ0) is 4.99. The molecule has 0 amide bonds. The minimum Gasteiger partial charge on any atom is -0.178 e. The van der Waals surface area contributed by atoms with Gasteiger partial charge in [-0.2, -0.15) is 25.3 Å². The molecule has 0 N–H and O–H groups in total. The van der Waals surface area contributed by atoms with E-state index in [4.69, 9.17) is 0 Å². The van der Waals surface area contributed by atoms with Gasteiger partial charge in [-0.3, -0.25) is 0 Å². The van der Waals surface area contributed by atoms with Gasteiger partial charge in [0.25, 0.3) is 0 Å². The predicted molar refractivity (Wildman–Crippen MR) is 36.9 cm³/mol. The van der Waals surface area contributed by atoms with Crippen molar-refractivity contribution in [2.24, 2.45) is 0 Å². The van der Waals surface area contributed by atoms with E-state index in [0.717, 1.165) is 12.2 Å². The number of hydrogen-bond acceptors (Lipinski definition) is 2. The van der Waals surface area contributed by atoms with Gasteiger partial charge in [-0.1, -0.05) is 6.92 Å². The highest BCUT2D eigenvalue weighted by Crippen LogP contribution is 2.00. The number of thiol groups is 2. The lowest BCUT2D eigenvalue weighted by molar-refractivity contribution is 0.926. The Hall–Kier alpha value is 0.700. The molecular weight excluding hydrogens is 112 g/mol. The van der Waals surface area contributed by atoms with Crippen molar-refractivity contribution >= 4 is 25.3 Å². The zero-order valence-corrected chi connectivity index (χ0v) is 5.67. The third kappa shape index (κ3) is 2.91. The van der Waals surface area contributed by atoms with Gasteiger partial charge in [-0.25, -0.2) is 0 Å². The standard InChI is InChI=1S/C4H10S2/c1-2-4(6)3-5/h4-6H,2-3H2,1H3. The first-order chi connectivity index (χ1) is 2.81. The third-order valence-electron chi connectivity index (χ3n) is 0.682. The molecule has 0 aliphatic heterocycles. The lowest BCUT2D eigenvalue weighted by Gasteiger charge is -1.97. The van der Waals surface area contributed by atoms with Gasteiger partial charge in [-0.15, -0.1) is 0 Å². The second-order valence-corrected chi connectivity index (χ2v) is 2.34. The molecule has 0 radical (unpaired) electrons. The van der Waals surface area contributed by atoms with Crippen LogP contribution in [0.4, 0.5) is 0 Å². The van der Waals surface area contributed by atoms with Crippen LogP contribution in [-0.4, -0.2) is 11.0 Å². The molecule has 1 atom stereocenters. The molecule has 0 bridgehead atoms. The molecule has 0 aliphatic carbocycles. The molecule has 1 unspecified atom stereocenters. The summed E-state index contributed by atoms with van der Waals surface area (Å²) in [5.74, 6) is 0.889. The van der Waals surface area contributed by atoms with E-state index in [2.05, 4.69) is 32.2 Å². The van der Waals surface area contributed by atoms with E-state index in [9.17, 15) is 0 Å².